The van der Waals surface area contributed by atoms with E-state index in [1.165, 1.54) is 24.4 Å². The number of carbonyl (C=O) groups excluding carboxylic acids is 1. The number of hydrogen-bond donors (Lipinski definition) is 1. The van der Waals surface area contributed by atoms with E-state index < -0.39 is 23.0 Å². The standard InChI is InChI=1S/C25H24F2N8O2/c1-15-21(24(37-4)34(3)32-15)25(2,20-7-5-6-17(13-28)31-20)14-30-23(36)22-29-10-11-35(33-22)19-9-8-16(26)12-18(19)27/h5-10,12H,11,14H2,1-4H3,(H,30,36). The second kappa shape index (κ2) is 10.1. The van der Waals surface area contributed by atoms with Crippen molar-refractivity contribution in [3.63, 3.8) is 0 Å². The number of aliphatic imine (C=N–C) groups is 1. The van der Waals surface area contributed by atoms with Gasteiger partial charge in [-0.1, -0.05) is 6.07 Å². The lowest BCUT2D eigenvalue weighted by Gasteiger charge is -2.30. The third-order valence-electron chi connectivity index (χ3n) is 6.02. The van der Waals surface area contributed by atoms with Crippen molar-refractivity contribution in [2.75, 3.05) is 25.2 Å². The topological polar surface area (TPSA) is 121 Å². The number of carbonyl (C=O) groups is 1. The molecule has 0 bridgehead atoms. The third-order valence-corrected chi connectivity index (χ3v) is 6.02. The molecule has 0 radical (unpaired) electrons. The van der Waals surface area contributed by atoms with Crippen molar-refractivity contribution in [1.29, 1.82) is 5.26 Å². The van der Waals surface area contributed by atoms with Crippen LogP contribution in [0.4, 0.5) is 14.5 Å². The van der Waals surface area contributed by atoms with Gasteiger partial charge in [0, 0.05) is 25.9 Å². The van der Waals surface area contributed by atoms with E-state index in [4.69, 9.17) is 4.74 Å². The fourth-order valence-corrected chi connectivity index (χ4v) is 4.29. The number of aryl methyl sites for hydroxylation is 2. The molecular formula is C25H24F2N8O2. The number of nitriles is 1. The zero-order chi connectivity index (χ0) is 26.7. The number of aromatic nitrogens is 3. The lowest BCUT2D eigenvalue weighted by Crippen LogP contribution is -2.44. The Hall–Kier alpha value is -4.66. The molecule has 2 aromatic heterocycles. The van der Waals surface area contributed by atoms with Crippen molar-refractivity contribution < 1.29 is 18.3 Å². The molecule has 1 aliphatic heterocycles. The molecule has 12 heteroatoms. The highest BCUT2D eigenvalue weighted by atomic mass is 19.1. The summed E-state index contributed by atoms with van der Waals surface area (Å²) in [5.74, 6) is -1.88. The van der Waals surface area contributed by atoms with Crippen LogP contribution in [0.1, 0.15) is 29.6 Å². The van der Waals surface area contributed by atoms with E-state index in [9.17, 15) is 18.8 Å². The van der Waals surface area contributed by atoms with Gasteiger partial charge in [0.15, 0.2) is 5.82 Å². The zero-order valence-electron chi connectivity index (χ0n) is 20.7. The number of rotatable bonds is 7. The number of amidine groups is 1. The van der Waals surface area contributed by atoms with Gasteiger partial charge in [0.05, 0.1) is 41.7 Å². The molecule has 1 atom stereocenters. The van der Waals surface area contributed by atoms with Gasteiger partial charge in [0.25, 0.3) is 5.91 Å². The number of methoxy groups -OCH3 is 1. The van der Waals surface area contributed by atoms with Gasteiger partial charge in [-0.05, 0) is 38.1 Å². The van der Waals surface area contributed by atoms with Crippen LogP contribution in [-0.4, -0.2) is 52.9 Å². The Morgan fingerprint density at radius 3 is 2.78 bits per heavy atom. The number of nitrogens with zero attached hydrogens (tertiary/aromatic N) is 7. The molecule has 0 spiro atoms. The van der Waals surface area contributed by atoms with Crippen LogP contribution in [0.15, 0.2) is 46.5 Å². The predicted molar refractivity (Wildman–Crippen MR) is 133 cm³/mol. The number of benzene rings is 1. The SMILES string of the molecule is COc1c(C(C)(CNC(=O)C2=NN(c3ccc(F)cc3F)CC=N2)c2cccc(C#N)n2)c(C)nn1C. The number of amides is 1. The fraction of sp³-hybridized carbons (Fsp3) is 0.280. The van der Waals surface area contributed by atoms with E-state index in [2.05, 4.69) is 25.5 Å². The highest BCUT2D eigenvalue weighted by molar-refractivity contribution is 6.39. The molecule has 3 heterocycles. The summed E-state index contributed by atoms with van der Waals surface area (Å²) in [7, 11) is 3.26. The van der Waals surface area contributed by atoms with Crippen molar-refractivity contribution in [3.05, 3.63) is 70.7 Å². The Balaban J connectivity index is 1.67. The minimum Gasteiger partial charge on any atom is -0.481 e. The van der Waals surface area contributed by atoms with Crippen LogP contribution in [0.25, 0.3) is 0 Å². The van der Waals surface area contributed by atoms with Gasteiger partial charge in [-0.15, -0.1) is 5.10 Å². The molecule has 0 saturated heterocycles. The molecule has 0 fully saturated rings. The lowest BCUT2D eigenvalue weighted by molar-refractivity contribution is -0.115. The van der Waals surface area contributed by atoms with Crippen LogP contribution in [0.2, 0.25) is 0 Å². The van der Waals surface area contributed by atoms with Gasteiger partial charge in [-0.3, -0.25) is 9.80 Å². The molecule has 37 heavy (non-hydrogen) atoms. The zero-order valence-corrected chi connectivity index (χ0v) is 20.7. The van der Waals surface area contributed by atoms with Gasteiger partial charge in [0.2, 0.25) is 11.7 Å². The molecule has 4 rings (SSSR count). The van der Waals surface area contributed by atoms with Gasteiger partial charge >= 0.3 is 0 Å². The number of ether oxygens (including phenoxy) is 1. The van der Waals surface area contributed by atoms with Gasteiger partial charge in [-0.2, -0.15) is 10.4 Å². The Kier molecular flexibility index (Phi) is 6.97. The highest BCUT2D eigenvalue weighted by Crippen LogP contribution is 2.38. The lowest BCUT2D eigenvalue weighted by atomic mass is 9.78. The molecule has 1 unspecified atom stereocenters. The minimum absolute atomic E-state index is 0.0101. The average molecular weight is 507 g/mol. The second-order valence-electron chi connectivity index (χ2n) is 8.54. The number of hydrogen-bond acceptors (Lipinski definition) is 8. The summed E-state index contributed by atoms with van der Waals surface area (Å²) < 4.78 is 34.8. The fourth-order valence-electron chi connectivity index (χ4n) is 4.29. The molecular weight excluding hydrogens is 482 g/mol. The molecule has 0 saturated carbocycles. The van der Waals surface area contributed by atoms with Crippen LogP contribution < -0.4 is 15.1 Å². The quantitative estimate of drug-likeness (QED) is 0.526. The molecule has 10 nitrogen and oxygen atoms in total. The molecule has 3 aromatic rings. The van der Waals surface area contributed by atoms with E-state index in [1.807, 2.05) is 19.9 Å². The molecule has 190 valence electrons. The van der Waals surface area contributed by atoms with Crippen molar-refractivity contribution in [2.24, 2.45) is 17.1 Å². The summed E-state index contributed by atoms with van der Waals surface area (Å²) in [5.41, 5.74) is 1.12. The molecule has 1 aliphatic rings. The summed E-state index contributed by atoms with van der Waals surface area (Å²) in [6, 6.07) is 10.2. The number of pyridine rings is 1. The van der Waals surface area contributed by atoms with Crippen LogP contribution in [0.3, 0.4) is 0 Å². The average Bonchev–Trinajstić information content (AvgIpc) is 3.20. The Labute approximate surface area is 211 Å². The first-order valence-electron chi connectivity index (χ1n) is 11.3. The Morgan fingerprint density at radius 1 is 1.30 bits per heavy atom. The second-order valence-corrected chi connectivity index (χ2v) is 8.54. The summed E-state index contributed by atoms with van der Waals surface area (Å²) in [6.07, 6.45) is 1.41. The number of nitrogens with one attached hydrogen (secondary N) is 1. The number of anilines is 1. The predicted octanol–water partition coefficient (Wildman–Crippen LogP) is 2.61. The van der Waals surface area contributed by atoms with Crippen molar-refractivity contribution in [2.45, 2.75) is 19.3 Å². The summed E-state index contributed by atoms with van der Waals surface area (Å²) in [5, 5.41) is 22.1. The summed E-state index contributed by atoms with van der Waals surface area (Å²) in [6.45, 7) is 3.80. The molecule has 1 N–H and O–H groups in total. The minimum atomic E-state index is -0.964. The number of hydrazone groups is 1. The van der Waals surface area contributed by atoms with Crippen molar-refractivity contribution in [3.8, 4) is 11.9 Å². The Morgan fingerprint density at radius 2 is 2.08 bits per heavy atom. The van der Waals surface area contributed by atoms with Crippen LogP contribution in [0.5, 0.6) is 5.88 Å². The first-order valence-corrected chi connectivity index (χ1v) is 11.3. The van der Waals surface area contributed by atoms with Gasteiger partial charge in [0.1, 0.15) is 17.6 Å². The normalized spacial score (nSPS) is 14.5. The maximum Gasteiger partial charge on any atom is 0.290 e. The smallest absolute Gasteiger partial charge is 0.290 e. The molecule has 1 aromatic carbocycles. The van der Waals surface area contributed by atoms with E-state index in [-0.39, 0.29) is 30.3 Å². The van der Waals surface area contributed by atoms with Crippen LogP contribution >= 0.6 is 0 Å². The summed E-state index contributed by atoms with van der Waals surface area (Å²) in [4.78, 5) is 21.7. The maximum atomic E-state index is 14.3. The van der Waals surface area contributed by atoms with E-state index >= 15 is 0 Å². The van der Waals surface area contributed by atoms with E-state index in [0.717, 1.165) is 12.1 Å². The molecule has 0 aliphatic carbocycles. The largest absolute Gasteiger partial charge is 0.481 e. The van der Waals surface area contributed by atoms with Crippen LogP contribution in [-0.2, 0) is 17.3 Å². The first-order chi connectivity index (χ1) is 17.7. The van der Waals surface area contributed by atoms with Gasteiger partial charge in [-0.25, -0.2) is 23.4 Å². The Bertz CT molecular complexity index is 1460. The highest BCUT2D eigenvalue weighted by Gasteiger charge is 2.38. The summed E-state index contributed by atoms with van der Waals surface area (Å²) >= 11 is 0. The molecule has 1 amide bonds. The third kappa shape index (κ3) is 4.88. The van der Waals surface area contributed by atoms with Crippen LogP contribution in [0, 0.1) is 29.9 Å². The van der Waals surface area contributed by atoms with E-state index in [1.54, 1.807) is 29.9 Å². The van der Waals surface area contributed by atoms with Crippen molar-refractivity contribution in [1.82, 2.24) is 20.1 Å². The maximum absolute atomic E-state index is 14.3. The number of halogens is 2. The van der Waals surface area contributed by atoms with Crippen molar-refractivity contribution >= 4 is 23.6 Å². The first kappa shape index (κ1) is 25.4. The van der Waals surface area contributed by atoms with E-state index in [0.29, 0.717) is 22.8 Å². The monoisotopic (exact) mass is 506 g/mol. The van der Waals surface area contributed by atoms with Gasteiger partial charge < -0.3 is 10.1 Å².